The summed E-state index contributed by atoms with van der Waals surface area (Å²) in [6.07, 6.45) is 2.51. The molecule has 0 N–H and O–H groups in total. The second-order valence-corrected chi connectivity index (χ2v) is 8.42. The lowest BCUT2D eigenvalue weighted by Gasteiger charge is -2.20. The average Bonchev–Trinajstić information content (AvgIpc) is 3.28. The number of hydrogen-bond donors (Lipinski definition) is 0. The molecule has 1 heterocycles. The minimum absolute atomic E-state index is 0.0111. The molecule has 0 aliphatic heterocycles. The summed E-state index contributed by atoms with van der Waals surface area (Å²) >= 11 is 6.16. The molecular weight excluding hydrogens is 334 g/mol. The van der Waals surface area contributed by atoms with E-state index >= 15 is 0 Å². The standard InChI is InChI=1S/C20H26ClN3O/c1-13-15(7-6-8-16(13)21)19(25)22-18-11-17(20(2,3)4)23(5)24(18)12-14-9-10-14/h6-8,11,14H,9-10,12H2,1-5H3/b22-18+. The number of nitrogens with zero attached hydrogens (tertiary/aromatic N) is 3. The molecule has 134 valence electrons. The van der Waals surface area contributed by atoms with Gasteiger partial charge in [-0.15, -0.1) is 0 Å². The number of aromatic nitrogens is 2. The van der Waals surface area contributed by atoms with E-state index in [1.807, 2.05) is 13.0 Å². The van der Waals surface area contributed by atoms with Crippen LogP contribution < -0.4 is 5.49 Å². The first-order valence-corrected chi connectivity index (χ1v) is 9.18. The van der Waals surface area contributed by atoms with Crippen molar-refractivity contribution in [3.8, 4) is 0 Å². The first kappa shape index (κ1) is 18.0. The van der Waals surface area contributed by atoms with Gasteiger partial charge in [-0.05, 0) is 43.4 Å². The molecule has 1 saturated carbocycles. The molecule has 0 saturated heterocycles. The van der Waals surface area contributed by atoms with E-state index in [1.165, 1.54) is 18.5 Å². The largest absolute Gasteiger partial charge is 0.291 e. The molecule has 25 heavy (non-hydrogen) atoms. The summed E-state index contributed by atoms with van der Waals surface area (Å²) in [5.41, 5.74) is 3.22. The topological polar surface area (TPSA) is 39.3 Å². The van der Waals surface area contributed by atoms with Crippen LogP contribution in [0.15, 0.2) is 29.3 Å². The van der Waals surface area contributed by atoms with E-state index in [-0.39, 0.29) is 11.3 Å². The molecule has 0 radical (unpaired) electrons. The first-order chi connectivity index (χ1) is 11.7. The molecule has 5 heteroatoms. The van der Waals surface area contributed by atoms with E-state index in [1.54, 1.807) is 18.2 Å². The van der Waals surface area contributed by atoms with Gasteiger partial charge in [0.05, 0.1) is 0 Å². The fourth-order valence-corrected chi connectivity index (χ4v) is 3.30. The van der Waals surface area contributed by atoms with Gasteiger partial charge in [-0.1, -0.05) is 38.4 Å². The monoisotopic (exact) mass is 359 g/mol. The SMILES string of the molecule is Cc1c(Cl)cccc1C(=O)/N=c1\cc(C(C)(C)C)n(C)n1CC1CC1. The predicted molar refractivity (Wildman–Crippen MR) is 101 cm³/mol. The lowest BCUT2D eigenvalue weighted by molar-refractivity contribution is 0.0996. The van der Waals surface area contributed by atoms with Crippen LogP contribution in [-0.4, -0.2) is 15.3 Å². The molecule has 1 amide bonds. The molecule has 2 aromatic rings. The highest BCUT2D eigenvalue weighted by Crippen LogP contribution is 2.30. The van der Waals surface area contributed by atoms with Crippen molar-refractivity contribution in [3.05, 3.63) is 51.6 Å². The van der Waals surface area contributed by atoms with Crippen LogP contribution in [0, 0.1) is 12.8 Å². The van der Waals surface area contributed by atoms with Crippen molar-refractivity contribution in [3.63, 3.8) is 0 Å². The van der Waals surface area contributed by atoms with Crippen LogP contribution in [0.3, 0.4) is 0 Å². The van der Waals surface area contributed by atoms with Gasteiger partial charge in [0.15, 0.2) is 5.49 Å². The van der Waals surface area contributed by atoms with E-state index in [9.17, 15) is 4.79 Å². The Morgan fingerprint density at radius 2 is 2.00 bits per heavy atom. The highest BCUT2D eigenvalue weighted by molar-refractivity contribution is 6.31. The van der Waals surface area contributed by atoms with E-state index in [0.29, 0.717) is 16.5 Å². The second-order valence-electron chi connectivity index (χ2n) is 8.02. The normalized spacial score (nSPS) is 15.7. The quantitative estimate of drug-likeness (QED) is 0.808. The highest BCUT2D eigenvalue weighted by atomic mass is 35.5. The van der Waals surface area contributed by atoms with Crippen molar-refractivity contribution < 1.29 is 4.79 Å². The molecule has 0 atom stereocenters. The van der Waals surface area contributed by atoms with Gasteiger partial charge in [0.1, 0.15) is 0 Å². The summed E-state index contributed by atoms with van der Waals surface area (Å²) in [6, 6.07) is 7.41. The second kappa shape index (κ2) is 6.49. The minimum Gasteiger partial charge on any atom is -0.291 e. The summed E-state index contributed by atoms with van der Waals surface area (Å²) in [4.78, 5) is 17.2. The first-order valence-electron chi connectivity index (χ1n) is 8.80. The van der Waals surface area contributed by atoms with Gasteiger partial charge in [0.2, 0.25) is 0 Å². The molecule has 1 aliphatic rings. The smallest absolute Gasteiger partial charge is 0.279 e. The maximum atomic E-state index is 12.8. The number of carbonyl (C=O) groups excluding carboxylic acids is 1. The Hall–Kier alpha value is -1.81. The van der Waals surface area contributed by atoms with Crippen LogP contribution in [0.4, 0.5) is 0 Å². The van der Waals surface area contributed by atoms with Crippen molar-refractivity contribution in [2.24, 2.45) is 18.0 Å². The van der Waals surface area contributed by atoms with Crippen molar-refractivity contribution in [1.29, 1.82) is 0 Å². The third kappa shape index (κ3) is 3.74. The lowest BCUT2D eigenvalue weighted by atomic mass is 9.92. The minimum atomic E-state index is -0.240. The third-order valence-electron chi connectivity index (χ3n) is 4.85. The Kier molecular flexibility index (Phi) is 4.67. The van der Waals surface area contributed by atoms with Crippen LogP contribution >= 0.6 is 11.6 Å². The lowest BCUT2D eigenvalue weighted by Crippen LogP contribution is -2.26. The fraction of sp³-hybridized carbons (Fsp3) is 0.500. The molecule has 0 bridgehead atoms. The van der Waals surface area contributed by atoms with Crippen LogP contribution in [-0.2, 0) is 19.0 Å². The third-order valence-corrected chi connectivity index (χ3v) is 5.26. The van der Waals surface area contributed by atoms with Crippen LogP contribution in [0.1, 0.15) is 55.2 Å². The van der Waals surface area contributed by atoms with Crippen molar-refractivity contribution in [1.82, 2.24) is 9.36 Å². The van der Waals surface area contributed by atoms with Gasteiger partial charge in [-0.3, -0.25) is 14.2 Å². The van der Waals surface area contributed by atoms with Gasteiger partial charge < -0.3 is 0 Å². The Bertz CT molecular complexity index is 879. The van der Waals surface area contributed by atoms with Crippen LogP contribution in [0.5, 0.6) is 0 Å². The van der Waals surface area contributed by atoms with Crippen LogP contribution in [0.25, 0.3) is 0 Å². The van der Waals surface area contributed by atoms with Gasteiger partial charge in [0, 0.05) is 41.4 Å². The van der Waals surface area contributed by atoms with E-state index in [2.05, 4.69) is 42.2 Å². The van der Waals surface area contributed by atoms with E-state index in [4.69, 9.17) is 11.6 Å². The zero-order valence-corrected chi connectivity index (χ0v) is 16.4. The Morgan fingerprint density at radius 3 is 2.60 bits per heavy atom. The molecular formula is C20H26ClN3O. The summed E-state index contributed by atoms with van der Waals surface area (Å²) in [6.45, 7) is 9.30. The molecule has 4 nitrogen and oxygen atoms in total. The zero-order chi connectivity index (χ0) is 18.4. The molecule has 0 spiro atoms. The van der Waals surface area contributed by atoms with E-state index in [0.717, 1.165) is 17.6 Å². The summed E-state index contributed by atoms with van der Waals surface area (Å²) in [7, 11) is 2.05. The maximum Gasteiger partial charge on any atom is 0.279 e. The molecule has 1 aliphatic carbocycles. The zero-order valence-electron chi connectivity index (χ0n) is 15.6. The number of benzene rings is 1. The Labute approximate surface area is 154 Å². The Balaban J connectivity index is 2.09. The molecule has 3 rings (SSSR count). The maximum absolute atomic E-state index is 12.8. The molecule has 1 fully saturated rings. The highest BCUT2D eigenvalue weighted by Gasteiger charge is 2.26. The van der Waals surface area contributed by atoms with Crippen LogP contribution in [0.2, 0.25) is 5.02 Å². The number of hydrogen-bond acceptors (Lipinski definition) is 1. The van der Waals surface area contributed by atoms with Crippen molar-refractivity contribution >= 4 is 17.5 Å². The Morgan fingerprint density at radius 1 is 1.32 bits per heavy atom. The molecule has 1 aromatic carbocycles. The van der Waals surface area contributed by atoms with Crippen molar-refractivity contribution in [2.45, 2.75) is 52.5 Å². The number of rotatable bonds is 3. The van der Waals surface area contributed by atoms with Crippen molar-refractivity contribution in [2.75, 3.05) is 0 Å². The summed E-state index contributed by atoms with van der Waals surface area (Å²) in [5.74, 6) is 0.457. The van der Waals surface area contributed by atoms with Gasteiger partial charge >= 0.3 is 0 Å². The average molecular weight is 360 g/mol. The fourth-order valence-electron chi connectivity index (χ4n) is 3.13. The predicted octanol–water partition coefficient (Wildman–Crippen LogP) is 4.24. The van der Waals surface area contributed by atoms with Gasteiger partial charge in [0.25, 0.3) is 5.91 Å². The summed E-state index contributed by atoms with van der Waals surface area (Å²) in [5, 5.41) is 0.593. The van der Waals surface area contributed by atoms with Gasteiger partial charge in [-0.25, -0.2) is 0 Å². The number of amides is 1. The molecule has 0 unspecified atom stereocenters. The van der Waals surface area contributed by atoms with E-state index < -0.39 is 0 Å². The summed E-state index contributed by atoms with van der Waals surface area (Å²) < 4.78 is 4.28. The molecule has 1 aromatic heterocycles. The number of halogens is 1. The van der Waals surface area contributed by atoms with Gasteiger partial charge in [-0.2, -0.15) is 4.99 Å². The number of carbonyl (C=O) groups is 1.